The van der Waals surface area contributed by atoms with Crippen molar-refractivity contribution in [3.05, 3.63) is 66.0 Å². The number of hydrogen-bond acceptors (Lipinski definition) is 2. The zero-order valence-electron chi connectivity index (χ0n) is 14.6. The molecule has 2 fully saturated rings. The number of benzene rings is 1. The average molecular weight is 335 g/mol. The smallest absolute Gasteiger partial charge is 0.318 e. The van der Waals surface area contributed by atoms with E-state index in [0.29, 0.717) is 17.9 Å². The maximum Gasteiger partial charge on any atom is 0.318 e. The lowest BCUT2D eigenvalue weighted by molar-refractivity contribution is 0.173. The third-order valence-corrected chi connectivity index (χ3v) is 5.37. The van der Waals surface area contributed by atoms with Crippen molar-refractivity contribution in [1.29, 1.82) is 0 Å². The number of carbonyl (C=O) groups excluding carboxylic acids is 1. The van der Waals surface area contributed by atoms with Crippen LogP contribution in [0.3, 0.4) is 0 Å². The minimum atomic E-state index is 0.0119. The fourth-order valence-corrected chi connectivity index (χ4v) is 3.67. The molecule has 0 spiro atoms. The highest BCUT2D eigenvalue weighted by Crippen LogP contribution is 2.46. The minimum absolute atomic E-state index is 0.0119. The van der Waals surface area contributed by atoms with Crippen LogP contribution in [0.25, 0.3) is 0 Å². The van der Waals surface area contributed by atoms with Crippen LogP contribution in [-0.4, -0.2) is 28.5 Å². The molecule has 4 rings (SSSR count). The van der Waals surface area contributed by atoms with Gasteiger partial charge in [0.15, 0.2) is 0 Å². The van der Waals surface area contributed by atoms with Crippen molar-refractivity contribution in [3.8, 4) is 0 Å². The van der Waals surface area contributed by atoms with Gasteiger partial charge in [0.25, 0.3) is 0 Å². The first-order valence-electron chi connectivity index (χ1n) is 9.26. The summed E-state index contributed by atoms with van der Waals surface area (Å²) in [5.74, 6) is 1.17. The summed E-state index contributed by atoms with van der Waals surface area (Å²) in [5.41, 5.74) is 2.35. The molecule has 25 heavy (non-hydrogen) atoms. The third-order valence-electron chi connectivity index (χ3n) is 5.37. The molecule has 0 aliphatic heterocycles. The Hall–Kier alpha value is -2.36. The number of rotatable bonds is 6. The van der Waals surface area contributed by atoms with Gasteiger partial charge in [0.2, 0.25) is 0 Å². The first-order valence-corrected chi connectivity index (χ1v) is 9.26. The van der Waals surface area contributed by atoms with Crippen LogP contribution in [0.5, 0.6) is 0 Å². The van der Waals surface area contributed by atoms with E-state index >= 15 is 0 Å². The summed E-state index contributed by atoms with van der Waals surface area (Å²) < 4.78 is 0. The number of aromatic nitrogens is 1. The number of amides is 2. The van der Waals surface area contributed by atoms with Gasteiger partial charge in [-0.25, -0.2) is 4.79 Å². The molecule has 1 aromatic carbocycles. The van der Waals surface area contributed by atoms with Crippen LogP contribution in [0.2, 0.25) is 0 Å². The van der Waals surface area contributed by atoms with Crippen molar-refractivity contribution in [2.45, 2.75) is 44.2 Å². The van der Waals surface area contributed by atoms with Crippen LogP contribution < -0.4 is 5.32 Å². The van der Waals surface area contributed by atoms with E-state index in [1.54, 1.807) is 6.20 Å². The van der Waals surface area contributed by atoms with E-state index in [1.807, 2.05) is 23.1 Å². The first kappa shape index (κ1) is 16.1. The Balaban J connectivity index is 1.35. The molecule has 1 N–H and O–H groups in total. The minimum Gasteiger partial charge on any atom is -0.338 e. The molecule has 2 aliphatic rings. The Labute approximate surface area is 149 Å². The van der Waals surface area contributed by atoms with Gasteiger partial charge in [-0.3, -0.25) is 4.98 Å². The number of nitrogens with one attached hydrogen (secondary N) is 1. The van der Waals surface area contributed by atoms with E-state index in [0.717, 1.165) is 25.1 Å². The Morgan fingerprint density at radius 1 is 1.20 bits per heavy atom. The van der Waals surface area contributed by atoms with Crippen LogP contribution in [0.4, 0.5) is 4.79 Å². The molecule has 1 aromatic heterocycles. The molecule has 2 aromatic rings. The van der Waals surface area contributed by atoms with Crippen molar-refractivity contribution in [3.63, 3.8) is 0 Å². The van der Waals surface area contributed by atoms with Gasteiger partial charge in [-0.15, -0.1) is 0 Å². The second kappa shape index (κ2) is 6.87. The SMILES string of the molecule is C[C@H](c1ccccn1)N(C(=O)NC[C@H]1C[C@@H]1c1ccccc1)C1CC1. The maximum absolute atomic E-state index is 12.8. The number of urea groups is 1. The van der Waals surface area contributed by atoms with Crippen LogP contribution in [0.1, 0.15) is 49.4 Å². The van der Waals surface area contributed by atoms with Gasteiger partial charge in [0.05, 0.1) is 11.7 Å². The molecule has 4 nitrogen and oxygen atoms in total. The van der Waals surface area contributed by atoms with Gasteiger partial charge < -0.3 is 10.2 Å². The van der Waals surface area contributed by atoms with Crippen molar-refractivity contribution >= 4 is 6.03 Å². The van der Waals surface area contributed by atoms with Gasteiger partial charge in [-0.1, -0.05) is 36.4 Å². The molecular formula is C21H25N3O. The monoisotopic (exact) mass is 335 g/mol. The van der Waals surface area contributed by atoms with Gasteiger partial charge in [-0.05, 0) is 55.7 Å². The largest absolute Gasteiger partial charge is 0.338 e. The molecule has 1 heterocycles. The molecule has 0 radical (unpaired) electrons. The lowest BCUT2D eigenvalue weighted by atomic mass is 10.1. The zero-order chi connectivity index (χ0) is 17.2. The molecule has 0 unspecified atom stereocenters. The second-order valence-electron chi connectivity index (χ2n) is 7.27. The number of pyridine rings is 1. The number of carbonyl (C=O) groups is 1. The Morgan fingerprint density at radius 3 is 2.64 bits per heavy atom. The van der Waals surface area contributed by atoms with Crippen LogP contribution >= 0.6 is 0 Å². The summed E-state index contributed by atoms with van der Waals surface area (Å²) in [6, 6.07) is 16.9. The molecule has 2 aliphatic carbocycles. The quantitative estimate of drug-likeness (QED) is 0.863. The molecule has 130 valence electrons. The van der Waals surface area contributed by atoms with Gasteiger partial charge >= 0.3 is 6.03 Å². The lowest BCUT2D eigenvalue weighted by Gasteiger charge is -2.29. The van der Waals surface area contributed by atoms with Crippen molar-refractivity contribution in [2.75, 3.05) is 6.54 Å². The van der Waals surface area contributed by atoms with Crippen molar-refractivity contribution < 1.29 is 4.79 Å². The van der Waals surface area contributed by atoms with Crippen molar-refractivity contribution in [1.82, 2.24) is 15.2 Å². The third kappa shape index (κ3) is 3.68. The molecule has 2 amide bonds. The number of nitrogens with zero attached hydrogens (tertiary/aromatic N) is 2. The lowest BCUT2D eigenvalue weighted by Crippen LogP contribution is -2.43. The molecular weight excluding hydrogens is 310 g/mol. The van der Waals surface area contributed by atoms with E-state index in [1.165, 1.54) is 12.0 Å². The Morgan fingerprint density at radius 2 is 1.96 bits per heavy atom. The van der Waals surface area contributed by atoms with Crippen LogP contribution in [-0.2, 0) is 0 Å². The predicted molar refractivity (Wildman–Crippen MR) is 98.2 cm³/mol. The summed E-state index contributed by atoms with van der Waals surface area (Å²) in [6.45, 7) is 2.83. The summed E-state index contributed by atoms with van der Waals surface area (Å²) in [5, 5.41) is 3.18. The van der Waals surface area contributed by atoms with Crippen LogP contribution in [0.15, 0.2) is 54.7 Å². The highest BCUT2D eigenvalue weighted by molar-refractivity contribution is 5.75. The van der Waals surface area contributed by atoms with E-state index < -0.39 is 0 Å². The van der Waals surface area contributed by atoms with E-state index in [2.05, 4.69) is 47.6 Å². The summed E-state index contributed by atoms with van der Waals surface area (Å²) in [6.07, 6.45) is 5.16. The Kier molecular flexibility index (Phi) is 4.43. The summed E-state index contributed by atoms with van der Waals surface area (Å²) in [4.78, 5) is 19.2. The molecule has 2 saturated carbocycles. The van der Waals surface area contributed by atoms with E-state index in [4.69, 9.17) is 0 Å². The van der Waals surface area contributed by atoms with Gasteiger partial charge in [0.1, 0.15) is 0 Å². The van der Waals surface area contributed by atoms with Crippen LogP contribution in [0, 0.1) is 5.92 Å². The predicted octanol–water partition coefficient (Wildman–Crippen LogP) is 4.12. The Bertz CT molecular complexity index is 714. The molecule has 0 bridgehead atoms. The molecule has 4 heteroatoms. The highest BCUT2D eigenvalue weighted by atomic mass is 16.2. The normalized spacial score (nSPS) is 22.9. The maximum atomic E-state index is 12.8. The second-order valence-corrected chi connectivity index (χ2v) is 7.27. The highest BCUT2D eigenvalue weighted by Gasteiger charge is 2.40. The standard InChI is InChI=1S/C21H25N3O/c1-15(20-9-5-6-12-22-20)24(18-10-11-18)21(25)23-14-17-13-19(17)16-7-3-2-4-8-16/h2-9,12,15,17-19H,10-11,13-14H2,1H3,(H,23,25)/t15-,17-,19-/m1/s1. The average Bonchev–Trinajstić information content (AvgIpc) is 3.56. The summed E-state index contributed by atoms with van der Waals surface area (Å²) >= 11 is 0. The van der Waals surface area contributed by atoms with E-state index in [9.17, 15) is 4.79 Å². The van der Waals surface area contributed by atoms with Gasteiger partial charge in [-0.2, -0.15) is 0 Å². The zero-order valence-corrected chi connectivity index (χ0v) is 14.6. The molecule has 3 atom stereocenters. The first-order chi connectivity index (χ1) is 12.2. The molecule has 0 saturated heterocycles. The van der Waals surface area contributed by atoms with Gasteiger partial charge in [0, 0.05) is 18.8 Å². The van der Waals surface area contributed by atoms with E-state index in [-0.39, 0.29) is 12.1 Å². The van der Waals surface area contributed by atoms with Crippen molar-refractivity contribution in [2.24, 2.45) is 5.92 Å². The fraction of sp³-hybridized carbons (Fsp3) is 0.429. The number of hydrogen-bond donors (Lipinski definition) is 1. The fourth-order valence-electron chi connectivity index (χ4n) is 3.67. The topological polar surface area (TPSA) is 45.2 Å². The summed E-state index contributed by atoms with van der Waals surface area (Å²) in [7, 11) is 0.